The zero-order valence-electron chi connectivity index (χ0n) is 17.6. The van der Waals surface area contributed by atoms with Gasteiger partial charge in [0.2, 0.25) is 0 Å². The van der Waals surface area contributed by atoms with Crippen molar-refractivity contribution in [1.82, 2.24) is 24.8 Å². The monoisotopic (exact) mass is 448 g/mol. The maximum absolute atomic E-state index is 12.0. The zero-order valence-corrected chi connectivity index (χ0v) is 17.6. The molecular weight excluding hydrogens is 420 g/mol. The number of hydrogen-bond donors (Lipinski definition) is 4. The zero-order chi connectivity index (χ0) is 22.1. The van der Waals surface area contributed by atoms with Crippen LogP contribution in [0.1, 0.15) is 38.3 Å². The van der Waals surface area contributed by atoms with Gasteiger partial charge in [-0.25, -0.2) is 19.7 Å². The van der Waals surface area contributed by atoms with E-state index in [4.69, 9.17) is 14.2 Å². The normalized spacial score (nSPS) is 30.8. The molecule has 2 aromatic rings. The van der Waals surface area contributed by atoms with Gasteiger partial charge in [-0.05, 0) is 19.3 Å². The fraction of sp³-hybridized carbons (Fsp3) is 0.700. The molecule has 5 rings (SSSR count). The predicted octanol–water partition coefficient (Wildman–Crippen LogP) is 0.315. The summed E-state index contributed by atoms with van der Waals surface area (Å²) in [7, 11) is 0. The van der Waals surface area contributed by atoms with Gasteiger partial charge in [0.15, 0.2) is 23.2 Å². The van der Waals surface area contributed by atoms with Crippen molar-refractivity contribution in [2.24, 2.45) is 0 Å². The van der Waals surface area contributed by atoms with E-state index in [1.807, 2.05) is 0 Å². The van der Waals surface area contributed by atoms with Crippen molar-refractivity contribution < 1.29 is 29.2 Å². The molecule has 0 spiro atoms. The van der Waals surface area contributed by atoms with Crippen LogP contribution in [0.2, 0.25) is 0 Å². The van der Waals surface area contributed by atoms with E-state index in [-0.39, 0.29) is 18.7 Å². The van der Waals surface area contributed by atoms with E-state index in [1.54, 1.807) is 4.57 Å². The summed E-state index contributed by atoms with van der Waals surface area (Å²) in [4.78, 5) is 25.0. The van der Waals surface area contributed by atoms with Crippen LogP contribution in [-0.4, -0.2) is 86.0 Å². The Labute approximate surface area is 184 Å². The number of alkyl carbamates (subject to hydrolysis) is 1. The predicted molar refractivity (Wildman–Crippen MR) is 111 cm³/mol. The third-order valence-corrected chi connectivity index (χ3v) is 6.30. The minimum Gasteiger partial charge on any atom is -0.447 e. The number of nitrogens with zero attached hydrogens (tertiary/aromatic N) is 4. The lowest BCUT2D eigenvalue weighted by atomic mass is 10.1. The summed E-state index contributed by atoms with van der Waals surface area (Å²) in [5.74, 6) is 0.570. The summed E-state index contributed by atoms with van der Waals surface area (Å²) in [6.07, 6.45) is 3.02. The van der Waals surface area contributed by atoms with E-state index in [0.717, 1.165) is 32.1 Å². The van der Waals surface area contributed by atoms with Gasteiger partial charge in [-0.1, -0.05) is 12.8 Å². The number of aromatic nitrogens is 4. The van der Waals surface area contributed by atoms with Crippen LogP contribution >= 0.6 is 0 Å². The topological polar surface area (TPSA) is 153 Å². The molecular formula is C20H28N6O6. The van der Waals surface area contributed by atoms with Crippen LogP contribution in [-0.2, 0) is 14.2 Å². The minimum atomic E-state index is -1.24. The Hall–Kier alpha value is -2.54. The van der Waals surface area contributed by atoms with Crippen LogP contribution in [0.5, 0.6) is 0 Å². The highest BCUT2D eigenvalue weighted by molar-refractivity contribution is 5.82. The second-order valence-corrected chi connectivity index (χ2v) is 8.52. The molecule has 0 radical (unpaired) electrons. The molecule has 3 fully saturated rings. The average molecular weight is 448 g/mol. The summed E-state index contributed by atoms with van der Waals surface area (Å²) in [6.45, 7) is 1.12. The fourth-order valence-electron chi connectivity index (χ4n) is 4.52. The van der Waals surface area contributed by atoms with Crippen LogP contribution in [0.15, 0.2) is 12.7 Å². The average Bonchev–Trinajstić information content (AvgIpc) is 3.58. The molecule has 12 heteroatoms. The largest absolute Gasteiger partial charge is 0.447 e. The van der Waals surface area contributed by atoms with Crippen molar-refractivity contribution in [3.8, 4) is 0 Å². The van der Waals surface area contributed by atoms with E-state index in [0.29, 0.717) is 30.2 Å². The molecule has 4 heterocycles. The van der Waals surface area contributed by atoms with Gasteiger partial charge in [0.25, 0.3) is 0 Å². The number of aliphatic hydroxyl groups is 2. The van der Waals surface area contributed by atoms with E-state index < -0.39 is 30.6 Å². The van der Waals surface area contributed by atoms with Crippen molar-refractivity contribution in [3.05, 3.63) is 12.7 Å². The molecule has 4 N–H and O–H groups in total. The second kappa shape index (κ2) is 9.14. The van der Waals surface area contributed by atoms with E-state index in [1.165, 1.54) is 12.7 Å². The van der Waals surface area contributed by atoms with E-state index in [2.05, 4.69) is 25.6 Å². The summed E-state index contributed by atoms with van der Waals surface area (Å²) in [6, 6.07) is 0.274. The van der Waals surface area contributed by atoms with Crippen molar-refractivity contribution in [3.63, 3.8) is 0 Å². The summed E-state index contributed by atoms with van der Waals surface area (Å²) in [5, 5.41) is 27.2. The number of ether oxygens (including phenoxy) is 3. The number of amides is 1. The number of carbonyl (C=O) groups excluding carboxylic acids is 1. The van der Waals surface area contributed by atoms with Gasteiger partial charge in [-0.2, -0.15) is 0 Å². The molecule has 0 bridgehead atoms. The van der Waals surface area contributed by atoms with E-state index in [9.17, 15) is 15.0 Å². The molecule has 5 unspecified atom stereocenters. The molecule has 3 aliphatic rings. The maximum Gasteiger partial charge on any atom is 0.407 e. The van der Waals surface area contributed by atoms with Gasteiger partial charge in [0.1, 0.15) is 31.2 Å². The number of rotatable bonds is 6. The molecule has 2 saturated heterocycles. The highest BCUT2D eigenvalue weighted by Gasteiger charge is 2.45. The quantitative estimate of drug-likeness (QED) is 0.486. The van der Waals surface area contributed by atoms with Crippen LogP contribution in [0, 0.1) is 0 Å². The third-order valence-electron chi connectivity index (χ3n) is 6.30. The first kappa shape index (κ1) is 21.3. The SMILES string of the molecule is O=C(NC1CCCC1)OCC1OC(n2cnc3c(NC4CCOC4)ncnc32)C(O)C1O. The molecule has 1 saturated carbocycles. The van der Waals surface area contributed by atoms with Gasteiger partial charge in [0, 0.05) is 12.6 Å². The van der Waals surface area contributed by atoms with Crippen molar-refractivity contribution in [1.29, 1.82) is 0 Å². The number of nitrogens with one attached hydrogen (secondary N) is 2. The van der Waals surface area contributed by atoms with Gasteiger partial charge in [0.05, 0.1) is 19.0 Å². The van der Waals surface area contributed by atoms with Gasteiger partial charge >= 0.3 is 6.09 Å². The Balaban J connectivity index is 1.25. The highest BCUT2D eigenvalue weighted by atomic mass is 16.6. The second-order valence-electron chi connectivity index (χ2n) is 8.52. The Morgan fingerprint density at radius 1 is 1.16 bits per heavy atom. The molecule has 1 amide bonds. The molecule has 174 valence electrons. The molecule has 2 aliphatic heterocycles. The molecule has 32 heavy (non-hydrogen) atoms. The number of anilines is 1. The van der Waals surface area contributed by atoms with Crippen molar-refractivity contribution >= 4 is 23.1 Å². The van der Waals surface area contributed by atoms with Crippen LogP contribution < -0.4 is 10.6 Å². The maximum atomic E-state index is 12.0. The van der Waals surface area contributed by atoms with Crippen molar-refractivity contribution in [2.45, 2.75) is 68.7 Å². The van der Waals surface area contributed by atoms with Crippen LogP contribution in [0.3, 0.4) is 0 Å². The Kier molecular flexibility index (Phi) is 6.09. The first-order chi connectivity index (χ1) is 15.6. The van der Waals surface area contributed by atoms with E-state index >= 15 is 0 Å². The first-order valence-corrected chi connectivity index (χ1v) is 11.1. The smallest absolute Gasteiger partial charge is 0.407 e. The lowest BCUT2D eigenvalue weighted by molar-refractivity contribution is -0.0534. The van der Waals surface area contributed by atoms with Crippen molar-refractivity contribution in [2.75, 3.05) is 25.1 Å². The number of aliphatic hydroxyl groups excluding tert-OH is 2. The lowest BCUT2D eigenvalue weighted by Crippen LogP contribution is -2.38. The summed E-state index contributed by atoms with van der Waals surface area (Å²) < 4.78 is 18.0. The standard InChI is InChI=1S/C20H28N6O6/c27-15-13(8-31-20(29)25-11-3-1-2-4-11)32-19(16(15)28)26-10-23-14-17(21-9-22-18(14)26)24-12-5-6-30-7-12/h9-13,15-16,19,27-28H,1-8H2,(H,25,29)(H,21,22,24). The Morgan fingerprint density at radius 3 is 2.78 bits per heavy atom. The molecule has 0 aromatic carbocycles. The number of fused-ring (bicyclic) bond motifs is 1. The molecule has 5 atom stereocenters. The molecule has 1 aliphatic carbocycles. The number of imidazole rings is 1. The molecule has 12 nitrogen and oxygen atoms in total. The van der Waals surface area contributed by atoms with Gasteiger partial charge < -0.3 is 35.1 Å². The van der Waals surface area contributed by atoms with Gasteiger partial charge in [-0.15, -0.1) is 0 Å². The first-order valence-electron chi connectivity index (χ1n) is 11.1. The number of carbonyl (C=O) groups is 1. The number of hydrogen-bond acceptors (Lipinski definition) is 10. The summed E-state index contributed by atoms with van der Waals surface area (Å²) >= 11 is 0. The van der Waals surface area contributed by atoms with Crippen LogP contribution in [0.4, 0.5) is 10.6 Å². The third kappa shape index (κ3) is 4.22. The minimum absolute atomic E-state index is 0.130. The van der Waals surface area contributed by atoms with Crippen LogP contribution in [0.25, 0.3) is 11.2 Å². The van der Waals surface area contributed by atoms with Gasteiger partial charge in [-0.3, -0.25) is 4.57 Å². The molecule has 2 aromatic heterocycles. The lowest BCUT2D eigenvalue weighted by Gasteiger charge is -2.17. The highest BCUT2D eigenvalue weighted by Crippen LogP contribution is 2.32. The Bertz CT molecular complexity index is 944. The fourth-order valence-corrected chi connectivity index (χ4v) is 4.52. The Morgan fingerprint density at radius 2 is 2.00 bits per heavy atom. The summed E-state index contributed by atoms with van der Waals surface area (Å²) in [5.41, 5.74) is 0.985.